The Morgan fingerprint density at radius 3 is 3.00 bits per heavy atom. The van der Waals surface area contributed by atoms with Crippen LogP contribution in [0.25, 0.3) is 0 Å². The Kier molecular flexibility index (Phi) is 2.85. The summed E-state index contributed by atoms with van der Waals surface area (Å²) in [6, 6.07) is 5.27. The summed E-state index contributed by atoms with van der Waals surface area (Å²) in [4.78, 5) is 15.1. The van der Waals surface area contributed by atoms with Crippen LogP contribution >= 0.6 is 0 Å². The van der Waals surface area contributed by atoms with Gasteiger partial charge in [-0.15, -0.1) is 0 Å². The van der Waals surface area contributed by atoms with Gasteiger partial charge in [0.15, 0.2) is 7.85 Å². The van der Waals surface area contributed by atoms with Crippen LogP contribution in [0.3, 0.4) is 0 Å². The van der Waals surface area contributed by atoms with Crippen molar-refractivity contribution in [3.8, 4) is 0 Å². The molecule has 0 spiro atoms. The minimum absolute atomic E-state index is 0.360. The Labute approximate surface area is 72.2 Å². The molecule has 0 aliphatic rings. The van der Waals surface area contributed by atoms with E-state index in [9.17, 15) is 4.79 Å². The molecule has 0 N–H and O–H groups in total. The first-order valence-electron chi connectivity index (χ1n) is 3.85. The van der Waals surface area contributed by atoms with E-state index in [1.165, 1.54) is 0 Å². The van der Waals surface area contributed by atoms with E-state index in [1.54, 1.807) is 19.1 Å². The molecule has 1 rings (SSSR count). The molecule has 4 heteroatoms. The van der Waals surface area contributed by atoms with E-state index in [0.717, 1.165) is 5.59 Å². The molecule has 1 heterocycles. The summed E-state index contributed by atoms with van der Waals surface area (Å²) in [6.07, 6.45) is 0. The first-order valence-corrected chi connectivity index (χ1v) is 3.85. The molecule has 12 heavy (non-hydrogen) atoms. The van der Waals surface area contributed by atoms with Crippen LogP contribution < -0.4 is 5.59 Å². The lowest BCUT2D eigenvalue weighted by Crippen LogP contribution is -2.15. The Bertz CT molecular complexity index is 288. The van der Waals surface area contributed by atoms with Crippen LogP contribution in [0.4, 0.5) is 0 Å². The molecule has 0 aromatic carbocycles. The predicted octanol–water partition coefficient (Wildman–Crippen LogP) is -0.483. The van der Waals surface area contributed by atoms with Crippen molar-refractivity contribution in [3.63, 3.8) is 0 Å². The summed E-state index contributed by atoms with van der Waals surface area (Å²) in [7, 11) is 1.84. The first kappa shape index (κ1) is 8.78. The Hall–Kier alpha value is -1.32. The van der Waals surface area contributed by atoms with Gasteiger partial charge in [-0.2, -0.15) is 0 Å². The lowest BCUT2D eigenvalue weighted by Gasteiger charge is -2.00. The summed E-state index contributed by atoms with van der Waals surface area (Å²) >= 11 is 0. The van der Waals surface area contributed by atoms with E-state index in [1.807, 2.05) is 13.9 Å². The maximum Gasteiger partial charge on any atom is 0.356 e. The SMILES string of the molecule is Bc1cccc(C(=O)OCC)n1. The monoisotopic (exact) mass is 163 g/mol. The number of aromatic nitrogens is 1. The molecule has 0 radical (unpaired) electrons. The summed E-state index contributed by atoms with van der Waals surface area (Å²) in [6.45, 7) is 2.15. The van der Waals surface area contributed by atoms with Gasteiger partial charge in [0.05, 0.1) is 6.61 Å². The quantitative estimate of drug-likeness (QED) is 0.436. The van der Waals surface area contributed by atoms with Crippen LogP contribution in [0, 0.1) is 0 Å². The molecule has 0 aliphatic heterocycles. The second-order valence-electron chi connectivity index (χ2n) is 2.38. The van der Waals surface area contributed by atoms with E-state index in [2.05, 4.69) is 4.98 Å². The van der Waals surface area contributed by atoms with Gasteiger partial charge in [0, 0.05) is 0 Å². The Morgan fingerprint density at radius 1 is 1.67 bits per heavy atom. The molecule has 3 nitrogen and oxygen atoms in total. The molecule has 0 atom stereocenters. The fourth-order valence-corrected chi connectivity index (χ4v) is 0.862. The minimum atomic E-state index is -0.360. The van der Waals surface area contributed by atoms with E-state index in [4.69, 9.17) is 4.74 Å². The van der Waals surface area contributed by atoms with Gasteiger partial charge in [0.1, 0.15) is 5.69 Å². The number of nitrogens with zero attached hydrogens (tertiary/aromatic N) is 1. The molecule has 62 valence electrons. The zero-order valence-electron chi connectivity index (χ0n) is 7.20. The molecule has 0 fully saturated rings. The normalized spacial score (nSPS) is 9.42. The third kappa shape index (κ3) is 2.08. The van der Waals surface area contributed by atoms with Crippen LogP contribution in [-0.4, -0.2) is 25.4 Å². The number of pyridine rings is 1. The largest absolute Gasteiger partial charge is 0.461 e. The van der Waals surface area contributed by atoms with E-state index >= 15 is 0 Å². The highest BCUT2D eigenvalue weighted by atomic mass is 16.5. The van der Waals surface area contributed by atoms with Crippen molar-refractivity contribution >= 4 is 19.4 Å². The van der Waals surface area contributed by atoms with Crippen molar-refractivity contribution < 1.29 is 9.53 Å². The average Bonchev–Trinajstić information content (AvgIpc) is 2.05. The highest BCUT2D eigenvalue weighted by molar-refractivity contribution is 6.30. The van der Waals surface area contributed by atoms with E-state index < -0.39 is 0 Å². The lowest BCUT2D eigenvalue weighted by atomic mass is 10.0. The molecular weight excluding hydrogens is 153 g/mol. The van der Waals surface area contributed by atoms with Crippen molar-refractivity contribution in [2.75, 3.05) is 6.61 Å². The van der Waals surface area contributed by atoms with Crippen molar-refractivity contribution in [3.05, 3.63) is 23.9 Å². The standard InChI is InChI=1S/C8H10BNO2/c1-2-12-8(11)6-4-3-5-7(9)10-6/h3-5H,2,9H2,1H3. The fourth-order valence-electron chi connectivity index (χ4n) is 0.862. The van der Waals surface area contributed by atoms with E-state index in [-0.39, 0.29) is 5.97 Å². The molecule has 1 aromatic heterocycles. The molecule has 0 aliphatic carbocycles. The maximum absolute atomic E-state index is 11.1. The van der Waals surface area contributed by atoms with Gasteiger partial charge in [-0.3, -0.25) is 4.98 Å². The van der Waals surface area contributed by atoms with Gasteiger partial charge >= 0.3 is 5.97 Å². The van der Waals surface area contributed by atoms with Crippen molar-refractivity contribution in [1.29, 1.82) is 0 Å². The molecule has 0 unspecified atom stereocenters. The highest BCUT2D eigenvalue weighted by Crippen LogP contribution is 1.94. The van der Waals surface area contributed by atoms with Crippen molar-refractivity contribution in [2.45, 2.75) is 6.92 Å². The molecule has 0 saturated heterocycles. The molecule has 0 bridgehead atoms. The van der Waals surface area contributed by atoms with Gasteiger partial charge < -0.3 is 4.74 Å². The zero-order chi connectivity index (χ0) is 8.97. The third-order valence-corrected chi connectivity index (χ3v) is 1.37. The Morgan fingerprint density at radius 2 is 2.42 bits per heavy atom. The minimum Gasteiger partial charge on any atom is -0.461 e. The number of ether oxygens (including phenoxy) is 1. The number of hydrogen-bond acceptors (Lipinski definition) is 3. The second kappa shape index (κ2) is 3.90. The maximum atomic E-state index is 11.1. The number of carbonyl (C=O) groups excluding carboxylic acids is 1. The molecule has 0 amide bonds. The Balaban J connectivity index is 2.81. The van der Waals surface area contributed by atoms with Crippen LogP contribution in [0.1, 0.15) is 17.4 Å². The van der Waals surface area contributed by atoms with Gasteiger partial charge in [-0.1, -0.05) is 12.1 Å². The van der Waals surface area contributed by atoms with Crippen LogP contribution in [0.2, 0.25) is 0 Å². The zero-order valence-corrected chi connectivity index (χ0v) is 7.20. The molecule has 0 saturated carbocycles. The number of hydrogen-bond donors (Lipinski definition) is 0. The number of rotatable bonds is 2. The lowest BCUT2D eigenvalue weighted by molar-refractivity contribution is 0.0520. The van der Waals surface area contributed by atoms with Crippen LogP contribution in [-0.2, 0) is 4.74 Å². The fraction of sp³-hybridized carbons (Fsp3) is 0.250. The predicted molar refractivity (Wildman–Crippen MR) is 48.4 cm³/mol. The summed E-state index contributed by atoms with van der Waals surface area (Å²) in [5.74, 6) is -0.360. The second-order valence-corrected chi connectivity index (χ2v) is 2.38. The van der Waals surface area contributed by atoms with Gasteiger partial charge in [0.25, 0.3) is 0 Å². The molecule has 1 aromatic rings. The average molecular weight is 163 g/mol. The number of carbonyl (C=O) groups is 1. The summed E-state index contributed by atoms with van der Waals surface area (Å²) in [5, 5.41) is 0. The summed E-state index contributed by atoms with van der Waals surface area (Å²) < 4.78 is 4.78. The highest BCUT2D eigenvalue weighted by Gasteiger charge is 2.06. The van der Waals surface area contributed by atoms with Gasteiger partial charge in [-0.25, -0.2) is 4.79 Å². The smallest absolute Gasteiger partial charge is 0.356 e. The van der Waals surface area contributed by atoms with Crippen LogP contribution in [0.15, 0.2) is 18.2 Å². The first-order chi connectivity index (χ1) is 5.74. The number of esters is 1. The van der Waals surface area contributed by atoms with Crippen molar-refractivity contribution in [1.82, 2.24) is 4.98 Å². The summed E-state index contributed by atoms with van der Waals surface area (Å²) in [5.41, 5.74) is 1.19. The van der Waals surface area contributed by atoms with E-state index in [0.29, 0.717) is 12.3 Å². The van der Waals surface area contributed by atoms with Crippen molar-refractivity contribution in [2.24, 2.45) is 0 Å². The van der Waals surface area contributed by atoms with Gasteiger partial charge in [-0.05, 0) is 18.6 Å². The van der Waals surface area contributed by atoms with Crippen LogP contribution in [0.5, 0.6) is 0 Å². The van der Waals surface area contributed by atoms with Gasteiger partial charge in [0.2, 0.25) is 0 Å². The topological polar surface area (TPSA) is 39.2 Å². The third-order valence-electron chi connectivity index (χ3n) is 1.37. The molecular formula is C8H10BNO2.